The molecule has 0 amide bonds. The highest BCUT2D eigenvalue weighted by molar-refractivity contribution is 6.11. The van der Waals surface area contributed by atoms with Gasteiger partial charge in [-0.25, -0.2) is 4.98 Å². The predicted octanol–water partition coefficient (Wildman–Crippen LogP) is 4.65. The van der Waals surface area contributed by atoms with Gasteiger partial charge in [0.2, 0.25) is 0 Å². The van der Waals surface area contributed by atoms with Crippen molar-refractivity contribution in [2.75, 3.05) is 24.8 Å². The van der Waals surface area contributed by atoms with Crippen molar-refractivity contribution in [3.63, 3.8) is 0 Å². The van der Waals surface area contributed by atoms with Crippen LogP contribution >= 0.6 is 0 Å². The average molecular weight is 386 g/mol. The fourth-order valence-corrected chi connectivity index (χ4v) is 3.33. The van der Waals surface area contributed by atoms with Gasteiger partial charge >= 0.3 is 0 Å². The van der Waals surface area contributed by atoms with E-state index >= 15 is 0 Å². The summed E-state index contributed by atoms with van der Waals surface area (Å²) in [5.74, 6) is 1.43. The number of fused-ring (bicyclic) bond motifs is 1. The molecule has 2 aromatic carbocycles. The lowest BCUT2D eigenvalue weighted by molar-refractivity contribution is 0.0971. The Morgan fingerprint density at radius 3 is 2.72 bits per heavy atom. The Kier molecular flexibility index (Phi) is 5.16. The van der Waals surface area contributed by atoms with Gasteiger partial charge in [0.25, 0.3) is 0 Å². The molecule has 0 saturated heterocycles. The van der Waals surface area contributed by atoms with Crippen molar-refractivity contribution in [2.24, 2.45) is 0 Å². The van der Waals surface area contributed by atoms with Crippen LogP contribution in [0.25, 0.3) is 10.9 Å². The van der Waals surface area contributed by atoms with Gasteiger partial charge in [0.05, 0.1) is 7.11 Å². The Bertz CT molecular complexity index is 1140. The summed E-state index contributed by atoms with van der Waals surface area (Å²) < 4.78 is 5.31. The Labute approximate surface area is 168 Å². The first-order valence-corrected chi connectivity index (χ1v) is 9.34. The molecule has 6 heteroatoms. The fraction of sp³-hybridized carbons (Fsp3) is 0.130. The summed E-state index contributed by atoms with van der Waals surface area (Å²) in [5.41, 5.74) is 3.14. The van der Waals surface area contributed by atoms with Crippen LogP contribution in [-0.4, -0.2) is 29.9 Å². The van der Waals surface area contributed by atoms with Crippen LogP contribution in [-0.2, 0) is 0 Å². The van der Waals surface area contributed by atoms with E-state index in [-0.39, 0.29) is 5.78 Å². The zero-order chi connectivity index (χ0) is 20.2. The van der Waals surface area contributed by atoms with Crippen LogP contribution in [0.15, 0.2) is 73.1 Å². The summed E-state index contributed by atoms with van der Waals surface area (Å²) >= 11 is 0. The second kappa shape index (κ2) is 8.06. The Balaban J connectivity index is 1.75. The lowest BCUT2D eigenvalue weighted by Crippen LogP contribution is -2.21. The number of ether oxygens (including phenoxy) is 1. The van der Waals surface area contributed by atoms with Crippen LogP contribution in [0.2, 0.25) is 0 Å². The molecule has 0 aliphatic carbocycles. The molecule has 0 spiro atoms. The Morgan fingerprint density at radius 1 is 1.10 bits per heavy atom. The first kappa shape index (κ1) is 18.6. The Hall–Kier alpha value is -3.80. The highest BCUT2D eigenvalue weighted by Gasteiger charge is 2.25. The van der Waals surface area contributed by atoms with Gasteiger partial charge in [-0.3, -0.25) is 4.79 Å². The molecule has 6 nitrogen and oxygen atoms in total. The van der Waals surface area contributed by atoms with Crippen molar-refractivity contribution in [1.29, 1.82) is 0 Å². The topological polar surface area (TPSA) is 79.0 Å². The minimum Gasteiger partial charge on any atom is -0.497 e. The smallest absolute Gasteiger partial charge is 0.191 e. The van der Waals surface area contributed by atoms with E-state index in [9.17, 15) is 4.79 Å². The molecule has 1 atom stereocenters. The van der Waals surface area contributed by atoms with E-state index in [0.717, 1.165) is 33.7 Å². The maximum absolute atomic E-state index is 13.6. The quantitative estimate of drug-likeness (QED) is 0.403. The van der Waals surface area contributed by atoms with Gasteiger partial charge in [0, 0.05) is 53.2 Å². The second-order valence-corrected chi connectivity index (χ2v) is 6.65. The number of carbonyl (C=O) groups excluding carboxylic acids is 1. The van der Waals surface area contributed by atoms with Crippen molar-refractivity contribution in [1.82, 2.24) is 9.97 Å². The average Bonchev–Trinajstić information content (AvgIpc) is 3.21. The number of Topliss-reactive ketones (excluding diaryl/α,β-unsaturated/α-hetero) is 1. The van der Waals surface area contributed by atoms with Crippen molar-refractivity contribution in [3.05, 3.63) is 84.2 Å². The normalized spacial score (nSPS) is 11.8. The number of carbonyl (C=O) groups is 1. The summed E-state index contributed by atoms with van der Waals surface area (Å²) in [6.45, 7) is 0. The number of para-hydroxylation sites is 1. The van der Waals surface area contributed by atoms with E-state index in [2.05, 4.69) is 20.6 Å². The highest BCUT2D eigenvalue weighted by Crippen LogP contribution is 2.29. The molecule has 0 aliphatic rings. The standard InChI is InChI=1S/C23H22N4O2/c1-24-21-11-10-15(13-26-21)22(27-16-6-5-7-17(12-16)29-2)23(28)19-14-25-20-9-4-3-8-18(19)20/h3-14,22,25,27H,1-2H3,(H,24,26). The molecular weight excluding hydrogens is 364 g/mol. The molecule has 0 radical (unpaired) electrons. The maximum atomic E-state index is 13.6. The zero-order valence-corrected chi connectivity index (χ0v) is 16.3. The van der Waals surface area contributed by atoms with Crippen LogP contribution in [0, 0.1) is 0 Å². The van der Waals surface area contributed by atoms with E-state index < -0.39 is 6.04 Å². The van der Waals surface area contributed by atoms with Crippen LogP contribution in [0.5, 0.6) is 5.75 Å². The first-order chi connectivity index (χ1) is 14.2. The Morgan fingerprint density at radius 2 is 1.97 bits per heavy atom. The van der Waals surface area contributed by atoms with Gasteiger partial charge in [-0.05, 0) is 24.3 Å². The van der Waals surface area contributed by atoms with E-state index in [1.807, 2.05) is 67.7 Å². The number of methoxy groups -OCH3 is 1. The molecule has 2 aromatic heterocycles. The SMILES string of the molecule is CNc1ccc(C(Nc2cccc(OC)c2)C(=O)c2c[nH]c3ccccc23)cn1. The van der Waals surface area contributed by atoms with E-state index in [1.165, 1.54) is 0 Å². The number of ketones is 1. The summed E-state index contributed by atoms with van der Waals surface area (Å²) in [4.78, 5) is 21.1. The molecule has 0 fully saturated rings. The molecule has 2 heterocycles. The van der Waals surface area contributed by atoms with Gasteiger partial charge in [-0.2, -0.15) is 0 Å². The fourth-order valence-electron chi connectivity index (χ4n) is 3.33. The molecule has 146 valence electrons. The van der Waals surface area contributed by atoms with Gasteiger partial charge in [-0.15, -0.1) is 0 Å². The van der Waals surface area contributed by atoms with Crippen molar-refractivity contribution in [2.45, 2.75) is 6.04 Å². The van der Waals surface area contributed by atoms with Crippen LogP contribution in [0.4, 0.5) is 11.5 Å². The number of hydrogen-bond acceptors (Lipinski definition) is 5. The maximum Gasteiger partial charge on any atom is 0.191 e. The third-order valence-electron chi connectivity index (χ3n) is 4.87. The first-order valence-electron chi connectivity index (χ1n) is 9.34. The van der Waals surface area contributed by atoms with Gasteiger partial charge in [0.15, 0.2) is 5.78 Å². The molecule has 4 rings (SSSR count). The van der Waals surface area contributed by atoms with Crippen molar-refractivity contribution >= 4 is 28.2 Å². The largest absolute Gasteiger partial charge is 0.497 e. The van der Waals surface area contributed by atoms with Crippen molar-refractivity contribution in [3.8, 4) is 5.75 Å². The van der Waals surface area contributed by atoms with Crippen LogP contribution in [0.1, 0.15) is 22.0 Å². The van der Waals surface area contributed by atoms with Crippen molar-refractivity contribution < 1.29 is 9.53 Å². The number of aromatic amines is 1. The molecule has 4 aromatic rings. The molecule has 0 aliphatic heterocycles. The number of nitrogens with zero attached hydrogens (tertiary/aromatic N) is 1. The number of anilines is 2. The highest BCUT2D eigenvalue weighted by atomic mass is 16.5. The number of H-pyrrole nitrogens is 1. The minimum absolute atomic E-state index is 0.0377. The minimum atomic E-state index is -0.597. The number of rotatable bonds is 7. The number of nitrogens with one attached hydrogen (secondary N) is 3. The number of pyridine rings is 1. The van der Waals surface area contributed by atoms with E-state index in [1.54, 1.807) is 19.5 Å². The predicted molar refractivity (Wildman–Crippen MR) is 116 cm³/mol. The molecule has 29 heavy (non-hydrogen) atoms. The summed E-state index contributed by atoms with van der Waals surface area (Å²) in [5, 5.41) is 7.26. The zero-order valence-electron chi connectivity index (χ0n) is 16.3. The second-order valence-electron chi connectivity index (χ2n) is 6.65. The van der Waals surface area contributed by atoms with E-state index in [4.69, 9.17) is 4.74 Å². The third-order valence-corrected chi connectivity index (χ3v) is 4.87. The van der Waals surface area contributed by atoms with Gasteiger partial charge in [-0.1, -0.05) is 30.3 Å². The summed E-state index contributed by atoms with van der Waals surface area (Å²) in [6, 6.07) is 18.5. The molecule has 1 unspecified atom stereocenters. The van der Waals surface area contributed by atoms with Crippen LogP contribution < -0.4 is 15.4 Å². The van der Waals surface area contributed by atoms with Gasteiger partial charge < -0.3 is 20.4 Å². The monoisotopic (exact) mass is 386 g/mol. The van der Waals surface area contributed by atoms with Gasteiger partial charge in [0.1, 0.15) is 17.6 Å². The molecule has 0 saturated carbocycles. The summed E-state index contributed by atoms with van der Waals surface area (Å²) in [7, 11) is 3.43. The lowest BCUT2D eigenvalue weighted by Gasteiger charge is -2.19. The number of benzene rings is 2. The molecular formula is C23H22N4O2. The third kappa shape index (κ3) is 3.78. The molecule has 3 N–H and O–H groups in total. The lowest BCUT2D eigenvalue weighted by atomic mass is 9.97. The molecule has 0 bridgehead atoms. The summed E-state index contributed by atoms with van der Waals surface area (Å²) in [6.07, 6.45) is 3.49. The van der Waals surface area contributed by atoms with Crippen LogP contribution in [0.3, 0.4) is 0 Å². The number of hydrogen-bond donors (Lipinski definition) is 3. The number of aromatic nitrogens is 2. The van der Waals surface area contributed by atoms with E-state index in [0.29, 0.717) is 5.56 Å².